The Kier molecular flexibility index (Phi) is 3.42. The predicted molar refractivity (Wildman–Crippen MR) is 80.8 cm³/mol. The first kappa shape index (κ1) is 12.8. The first-order valence-electron chi connectivity index (χ1n) is 6.88. The summed E-state index contributed by atoms with van der Waals surface area (Å²) in [5, 5.41) is 7.07. The number of aryl methyl sites for hydroxylation is 3. The molecule has 0 spiro atoms. The molecule has 0 saturated heterocycles. The van der Waals surface area contributed by atoms with Gasteiger partial charge in [-0.25, -0.2) is 4.98 Å². The van der Waals surface area contributed by atoms with Crippen LogP contribution in [-0.4, -0.2) is 11.0 Å². The first-order chi connectivity index (χ1) is 9.11. The lowest BCUT2D eigenvalue weighted by molar-refractivity contribution is 0.596. The van der Waals surface area contributed by atoms with Gasteiger partial charge in [0.2, 0.25) is 0 Å². The van der Waals surface area contributed by atoms with Gasteiger partial charge in [-0.1, -0.05) is 29.3 Å². The third-order valence-electron chi connectivity index (χ3n) is 3.44. The highest BCUT2D eigenvalue weighted by Crippen LogP contribution is 2.31. The Hall–Kier alpha value is -1.19. The second-order valence-corrected chi connectivity index (χ2v) is 6.51. The Morgan fingerprint density at radius 1 is 1.16 bits per heavy atom. The maximum absolute atomic E-state index is 4.68. The third-order valence-corrected chi connectivity index (χ3v) is 4.47. The molecule has 1 aromatic heterocycles. The number of hydrogen-bond donors (Lipinski definition) is 1. The summed E-state index contributed by atoms with van der Waals surface area (Å²) >= 11 is 1.76. The van der Waals surface area contributed by atoms with Gasteiger partial charge in [0.1, 0.15) is 5.01 Å². The van der Waals surface area contributed by atoms with Gasteiger partial charge in [-0.05, 0) is 39.2 Å². The van der Waals surface area contributed by atoms with E-state index in [0.29, 0.717) is 6.04 Å². The fourth-order valence-corrected chi connectivity index (χ4v) is 3.36. The second-order valence-electron chi connectivity index (χ2n) is 5.62. The van der Waals surface area contributed by atoms with Crippen LogP contribution in [0.3, 0.4) is 0 Å². The van der Waals surface area contributed by atoms with E-state index in [1.165, 1.54) is 34.5 Å². The number of thiazole rings is 1. The molecule has 1 fully saturated rings. The molecule has 1 heterocycles. The third kappa shape index (κ3) is 3.04. The highest BCUT2D eigenvalue weighted by Gasteiger charge is 2.27. The van der Waals surface area contributed by atoms with E-state index in [1.807, 2.05) is 0 Å². The molecule has 1 N–H and O–H groups in total. The summed E-state index contributed by atoms with van der Waals surface area (Å²) in [5.41, 5.74) is 5.11. The van der Waals surface area contributed by atoms with Crippen molar-refractivity contribution in [2.75, 3.05) is 0 Å². The van der Waals surface area contributed by atoms with E-state index < -0.39 is 0 Å². The average molecular weight is 272 g/mol. The highest BCUT2D eigenvalue weighted by molar-refractivity contribution is 7.09. The van der Waals surface area contributed by atoms with Crippen LogP contribution in [0, 0.1) is 20.8 Å². The molecule has 19 heavy (non-hydrogen) atoms. The molecule has 0 radical (unpaired) electrons. The molecular weight excluding hydrogens is 252 g/mol. The zero-order valence-corrected chi connectivity index (χ0v) is 12.6. The van der Waals surface area contributed by atoms with Crippen molar-refractivity contribution in [2.45, 2.75) is 45.7 Å². The molecule has 2 aromatic rings. The Balaban J connectivity index is 1.97. The van der Waals surface area contributed by atoms with Crippen LogP contribution in [0.25, 0.3) is 0 Å². The summed E-state index contributed by atoms with van der Waals surface area (Å²) in [6, 6.07) is 7.72. The van der Waals surface area contributed by atoms with Crippen molar-refractivity contribution in [3.63, 3.8) is 0 Å². The summed E-state index contributed by atoms with van der Waals surface area (Å²) in [4.78, 5) is 4.68. The minimum absolute atomic E-state index is 0.254. The van der Waals surface area contributed by atoms with Gasteiger partial charge >= 0.3 is 0 Å². The molecule has 1 saturated carbocycles. The van der Waals surface area contributed by atoms with Crippen LogP contribution in [0.15, 0.2) is 23.6 Å². The van der Waals surface area contributed by atoms with Crippen LogP contribution in [-0.2, 0) is 0 Å². The number of hydrogen-bond acceptors (Lipinski definition) is 3. The summed E-state index contributed by atoms with van der Waals surface area (Å²) in [5.74, 6) is 0. The van der Waals surface area contributed by atoms with Crippen LogP contribution >= 0.6 is 11.3 Å². The van der Waals surface area contributed by atoms with Gasteiger partial charge in [0.05, 0.1) is 6.04 Å². The average Bonchev–Trinajstić information content (AvgIpc) is 3.06. The number of rotatable bonds is 4. The van der Waals surface area contributed by atoms with E-state index in [4.69, 9.17) is 0 Å². The number of nitrogens with zero attached hydrogens (tertiary/aromatic N) is 1. The number of benzene rings is 1. The molecule has 1 aliphatic rings. The molecule has 3 heteroatoms. The van der Waals surface area contributed by atoms with Gasteiger partial charge in [-0.2, -0.15) is 0 Å². The molecule has 2 nitrogen and oxygen atoms in total. The van der Waals surface area contributed by atoms with Crippen LogP contribution < -0.4 is 5.32 Å². The van der Waals surface area contributed by atoms with E-state index in [1.54, 1.807) is 11.3 Å². The summed E-state index contributed by atoms with van der Waals surface area (Å²) in [6.07, 6.45) is 2.59. The molecule has 0 bridgehead atoms. The standard InChI is InChI=1S/C16H20N2S/c1-10-6-11(2)8-13(7-10)15(18-14-4-5-14)16-17-12(3)9-19-16/h6-9,14-15,18H,4-5H2,1-3H3. The smallest absolute Gasteiger partial charge is 0.114 e. The molecule has 1 aliphatic carbocycles. The largest absolute Gasteiger partial charge is 0.301 e. The van der Waals surface area contributed by atoms with Crippen molar-refractivity contribution in [1.82, 2.24) is 10.3 Å². The van der Waals surface area contributed by atoms with Crippen LogP contribution in [0.5, 0.6) is 0 Å². The Morgan fingerprint density at radius 3 is 2.37 bits per heavy atom. The zero-order valence-electron chi connectivity index (χ0n) is 11.7. The van der Waals surface area contributed by atoms with Crippen LogP contribution in [0.4, 0.5) is 0 Å². The minimum atomic E-state index is 0.254. The maximum atomic E-state index is 4.68. The minimum Gasteiger partial charge on any atom is -0.301 e. The van der Waals surface area contributed by atoms with Gasteiger partial charge in [0.15, 0.2) is 0 Å². The normalized spacial score (nSPS) is 16.6. The van der Waals surface area contributed by atoms with Crippen molar-refractivity contribution >= 4 is 11.3 Å². The van der Waals surface area contributed by atoms with Crippen molar-refractivity contribution in [3.05, 3.63) is 51.0 Å². The van der Waals surface area contributed by atoms with Gasteiger partial charge < -0.3 is 5.32 Å². The monoisotopic (exact) mass is 272 g/mol. The van der Waals surface area contributed by atoms with E-state index in [0.717, 1.165) is 5.69 Å². The van der Waals surface area contributed by atoms with Crippen molar-refractivity contribution < 1.29 is 0 Å². The van der Waals surface area contributed by atoms with Crippen LogP contribution in [0.1, 0.15) is 46.3 Å². The van der Waals surface area contributed by atoms with E-state index in [2.05, 4.69) is 54.7 Å². The van der Waals surface area contributed by atoms with Gasteiger partial charge in [-0.3, -0.25) is 0 Å². The first-order valence-corrected chi connectivity index (χ1v) is 7.76. The molecule has 1 aromatic carbocycles. The number of aromatic nitrogens is 1. The number of nitrogens with one attached hydrogen (secondary N) is 1. The lowest BCUT2D eigenvalue weighted by Crippen LogP contribution is -2.24. The van der Waals surface area contributed by atoms with Crippen molar-refractivity contribution in [2.24, 2.45) is 0 Å². The quantitative estimate of drug-likeness (QED) is 0.912. The molecule has 100 valence electrons. The van der Waals surface area contributed by atoms with Gasteiger partial charge in [0.25, 0.3) is 0 Å². The Morgan fingerprint density at radius 2 is 1.84 bits per heavy atom. The maximum Gasteiger partial charge on any atom is 0.114 e. The SMILES string of the molecule is Cc1cc(C)cc(C(NC2CC2)c2nc(C)cs2)c1. The predicted octanol–water partition coefficient (Wildman–Crippen LogP) is 3.91. The molecule has 0 aliphatic heterocycles. The lowest BCUT2D eigenvalue weighted by Gasteiger charge is -2.18. The summed E-state index contributed by atoms with van der Waals surface area (Å²) < 4.78 is 0. The Labute approximate surface area is 118 Å². The summed E-state index contributed by atoms with van der Waals surface area (Å²) in [7, 11) is 0. The van der Waals surface area contributed by atoms with Crippen molar-refractivity contribution in [1.29, 1.82) is 0 Å². The lowest BCUT2D eigenvalue weighted by atomic mass is 10.0. The fourth-order valence-electron chi connectivity index (χ4n) is 2.48. The molecule has 3 rings (SSSR count). The molecule has 1 atom stereocenters. The Bertz CT molecular complexity index is 564. The van der Waals surface area contributed by atoms with E-state index in [-0.39, 0.29) is 6.04 Å². The van der Waals surface area contributed by atoms with Gasteiger partial charge in [0, 0.05) is 17.1 Å². The molecule has 0 amide bonds. The van der Waals surface area contributed by atoms with Crippen LogP contribution in [0.2, 0.25) is 0 Å². The van der Waals surface area contributed by atoms with E-state index >= 15 is 0 Å². The molecular formula is C16H20N2S. The zero-order chi connectivity index (χ0) is 13.4. The van der Waals surface area contributed by atoms with Crippen molar-refractivity contribution in [3.8, 4) is 0 Å². The van der Waals surface area contributed by atoms with Gasteiger partial charge in [-0.15, -0.1) is 11.3 Å². The highest BCUT2D eigenvalue weighted by atomic mass is 32.1. The van der Waals surface area contributed by atoms with E-state index in [9.17, 15) is 0 Å². The topological polar surface area (TPSA) is 24.9 Å². The summed E-state index contributed by atoms with van der Waals surface area (Å²) in [6.45, 7) is 6.39. The second kappa shape index (κ2) is 5.06. The molecule has 1 unspecified atom stereocenters. The fraction of sp³-hybridized carbons (Fsp3) is 0.438.